The van der Waals surface area contributed by atoms with Gasteiger partial charge in [0.15, 0.2) is 5.82 Å². The van der Waals surface area contributed by atoms with Crippen molar-refractivity contribution in [1.29, 1.82) is 5.26 Å². The van der Waals surface area contributed by atoms with Crippen molar-refractivity contribution in [3.05, 3.63) is 52.3 Å². The average Bonchev–Trinajstić information content (AvgIpc) is 3.87. The molecule has 4 aliphatic heterocycles. The number of piperidine rings is 1. The molecular weight excluding hydrogens is 793 g/mol. The standard InChI is InChI=1S/C37H38ClF3N8O5S2/c1-35(2,3)54-34(50)46-32-23(15-42)26-21(6-7-25(40)30(26)55-32)27-24(38)12-22-29(28(27)41)44-33(53-19-37-9-5-11-49(37)16-20(13-37)14-39)45-31(22)48-10-4-8-36(18-48)17-43-56(51,52)47-36/h6-7,12,14,43,47H,4-5,8-11,13,16-19H2,1-3H3,(H,46,50)/b20-14-/t36-,37?/m0/s1. The highest BCUT2D eigenvalue weighted by molar-refractivity contribution is 7.87. The molecule has 2 aromatic carbocycles. The average molecular weight is 831 g/mol. The number of ether oxygens (including phenoxy) is 2. The number of nitriles is 1. The van der Waals surface area contributed by atoms with E-state index in [4.69, 9.17) is 26.1 Å². The minimum absolute atomic E-state index is 0.00905. The second kappa shape index (κ2) is 14.0. The summed E-state index contributed by atoms with van der Waals surface area (Å²) in [6.07, 6.45) is 3.04. The van der Waals surface area contributed by atoms with E-state index in [2.05, 4.69) is 24.6 Å². The number of hydrogen-bond acceptors (Lipinski definition) is 11. The quantitative estimate of drug-likeness (QED) is 0.186. The summed E-state index contributed by atoms with van der Waals surface area (Å²) in [5.74, 6) is -1.33. The third-order valence-corrected chi connectivity index (χ3v) is 13.4. The molecule has 4 aromatic rings. The first kappa shape index (κ1) is 38.6. The number of nitrogens with zero attached hydrogens (tertiary/aromatic N) is 5. The van der Waals surface area contributed by atoms with Crippen LogP contribution in [0.25, 0.3) is 32.1 Å². The zero-order valence-electron chi connectivity index (χ0n) is 30.7. The minimum atomic E-state index is -3.71. The van der Waals surface area contributed by atoms with Gasteiger partial charge in [-0.3, -0.25) is 10.2 Å². The molecule has 3 N–H and O–H groups in total. The Balaban J connectivity index is 1.26. The highest BCUT2D eigenvalue weighted by atomic mass is 35.5. The van der Waals surface area contributed by atoms with Gasteiger partial charge in [0.2, 0.25) is 0 Å². The molecule has 1 amide bonds. The molecule has 19 heteroatoms. The van der Waals surface area contributed by atoms with Crippen molar-refractivity contribution in [1.82, 2.24) is 24.3 Å². The first-order chi connectivity index (χ1) is 26.5. The fourth-order valence-corrected chi connectivity index (χ4v) is 11.2. The van der Waals surface area contributed by atoms with Crippen molar-refractivity contribution in [3.8, 4) is 23.2 Å². The first-order valence-electron chi connectivity index (χ1n) is 18.1. The number of thiophene rings is 1. The van der Waals surface area contributed by atoms with E-state index in [-0.39, 0.29) is 79.2 Å². The van der Waals surface area contributed by atoms with Crippen molar-refractivity contribution in [3.63, 3.8) is 0 Å². The lowest BCUT2D eigenvalue weighted by Gasteiger charge is -2.40. The Labute approximate surface area is 330 Å². The molecule has 0 bridgehead atoms. The highest BCUT2D eigenvalue weighted by Crippen LogP contribution is 2.47. The van der Waals surface area contributed by atoms with Crippen molar-refractivity contribution in [2.24, 2.45) is 0 Å². The van der Waals surface area contributed by atoms with Gasteiger partial charge in [-0.1, -0.05) is 17.7 Å². The van der Waals surface area contributed by atoms with E-state index in [0.717, 1.165) is 36.8 Å². The van der Waals surface area contributed by atoms with Gasteiger partial charge in [0.1, 0.15) is 40.4 Å². The van der Waals surface area contributed by atoms with Crippen molar-refractivity contribution in [2.45, 2.75) is 69.6 Å². The van der Waals surface area contributed by atoms with Crippen LogP contribution in [0.4, 0.5) is 28.8 Å². The van der Waals surface area contributed by atoms with Gasteiger partial charge in [-0.2, -0.15) is 28.4 Å². The summed E-state index contributed by atoms with van der Waals surface area (Å²) in [6, 6.07) is 5.82. The lowest BCUT2D eigenvalue weighted by molar-refractivity contribution is 0.0636. The number of hydrogen-bond donors (Lipinski definition) is 3. The molecule has 13 nitrogen and oxygen atoms in total. The molecule has 4 saturated heterocycles. The van der Waals surface area contributed by atoms with E-state index in [0.29, 0.717) is 44.3 Å². The Morgan fingerprint density at radius 1 is 1.21 bits per heavy atom. The summed E-state index contributed by atoms with van der Waals surface area (Å²) in [7, 11) is -3.71. The van der Waals surface area contributed by atoms with Crippen LogP contribution < -0.4 is 24.4 Å². The maximum Gasteiger partial charge on any atom is 0.412 e. The van der Waals surface area contributed by atoms with Gasteiger partial charge in [-0.25, -0.2) is 22.7 Å². The minimum Gasteiger partial charge on any atom is -0.461 e. The van der Waals surface area contributed by atoms with E-state index >= 15 is 8.78 Å². The molecule has 56 heavy (non-hydrogen) atoms. The van der Waals surface area contributed by atoms with Gasteiger partial charge in [0, 0.05) is 42.5 Å². The van der Waals surface area contributed by atoms with Crippen LogP contribution >= 0.6 is 22.9 Å². The number of rotatable bonds is 6. The largest absolute Gasteiger partial charge is 0.461 e. The van der Waals surface area contributed by atoms with Crippen LogP contribution in [0.2, 0.25) is 5.02 Å². The van der Waals surface area contributed by atoms with Crippen LogP contribution in [0.3, 0.4) is 0 Å². The Morgan fingerprint density at radius 2 is 2.00 bits per heavy atom. The Hall–Kier alpha value is -4.25. The van der Waals surface area contributed by atoms with Crippen molar-refractivity contribution >= 4 is 71.0 Å². The van der Waals surface area contributed by atoms with Crippen molar-refractivity contribution < 1.29 is 35.9 Å². The molecule has 1 unspecified atom stereocenters. The Bertz CT molecular complexity index is 2490. The predicted molar refractivity (Wildman–Crippen MR) is 207 cm³/mol. The van der Waals surface area contributed by atoms with Gasteiger partial charge in [-0.05, 0) is 82.7 Å². The van der Waals surface area contributed by atoms with Gasteiger partial charge in [-0.15, -0.1) is 11.3 Å². The summed E-state index contributed by atoms with van der Waals surface area (Å²) in [5, 5.41) is 13.0. The fraction of sp³-hybridized carbons (Fsp3) is 0.459. The molecule has 4 fully saturated rings. The molecule has 6 heterocycles. The maximum atomic E-state index is 17.4. The molecule has 296 valence electrons. The van der Waals surface area contributed by atoms with Crippen LogP contribution in [-0.2, 0) is 14.9 Å². The van der Waals surface area contributed by atoms with Crippen LogP contribution in [0, 0.1) is 23.0 Å². The predicted octanol–water partition coefficient (Wildman–Crippen LogP) is 6.91. The fourth-order valence-electron chi connectivity index (χ4n) is 8.47. The second-order valence-electron chi connectivity index (χ2n) is 15.8. The normalized spacial score (nSPS) is 24.3. The van der Waals surface area contributed by atoms with E-state index in [1.807, 2.05) is 11.0 Å². The number of carbonyl (C=O) groups excluding carboxylic acids is 1. The summed E-state index contributed by atoms with van der Waals surface area (Å²) >= 11 is 7.74. The molecule has 2 atom stereocenters. The number of anilines is 2. The molecule has 8 rings (SSSR count). The van der Waals surface area contributed by atoms with Crippen LogP contribution in [0.1, 0.15) is 58.4 Å². The molecule has 0 saturated carbocycles. The van der Waals surface area contributed by atoms with E-state index in [9.17, 15) is 22.9 Å². The summed E-state index contributed by atoms with van der Waals surface area (Å²) < 4.78 is 88.2. The summed E-state index contributed by atoms with van der Waals surface area (Å²) in [5.41, 5.74) is -1.91. The summed E-state index contributed by atoms with van der Waals surface area (Å²) in [6.45, 7) is 7.17. The zero-order chi connectivity index (χ0) is 39.8. The number of nitrogens with one attached hydrogen (secondary N) is 3. The number of amides is 1. The second-order valence-corrected chi connectivity index (χ2v) is 18.8. The van der Waals surface area contributed by atoms with Crippen LogP contribution in [0.15, 0.2) is 30.1 Å². The number of halogens is 4. The third kappa shape index (κ3) is 6.92. The summed E-state index contributed by atoms with van der Waals surface area (Å²) in [4.78, 5) is 26.1. The van der Waals surface area contributed by atoms with E-state index in [1.165, 1.54) is 12.1 Å². The maximum absolute atomic E-state index is 17.4. The molecule has 2 aromatic heterocycles. The topological polar surface area (TPSA) is 162 Å². The van der Waals surface area contributed by atoms with Gasteiger partial charge < -0.3 is 14.4 Å². The zero-order valence-corrected chi connectivity index (χ0v) is 33.1. The van der Waals surface area contributed by atoms with Crippen molar-refractivity contribution in [2.75, 3.05) is 49.5 Å². The van der Waals surface area contributed by atoms with E-state index < -0.39 is 44.6 Å². The number of benzene rings is 2. The highest BCUT2D eigenvalue weighted by Gasteiger charge is 2.48. The Morgan fingerprint density at radius 3 is 2.71 bits per heavy atom. The third-order valence-electron chi connectivity index (χ3n) is 10.8. The number of fused-ring (bicyclic) bond motifs is 3. The number of aromatic nitrogens is 2. The number of carbonyl (C=O) groups is 1. The molecule has 4 aliphatic rings. The van der Waals surface area contributed by atoms with Gasteiger partial charge >= 0.3 is 12.1 Å². The smallest absolute Gasteiger partial charge is 0.412 e. The molecule has 1 spiro atoms. The molecule has 0 radical (unpaired) electrons. The SMILES string of the molecule is CC(C)(C)OC(=O)Nc1sc2c(F)ccc(-c3c(Cl)cc4c(N5CCC[C@]6(CNS(=O)(=O)N6)C5)nc(OCC56CCCN5C/C(=C\F)C6)nc4c3F)c2c1C#N. The van der Waals surface area contributed by atoms with Crippen LogP contribution in [0.5, 0.6) is 6.01 Å². The monoisotopic (exact) mass is 830 g/mol. The lowest BCUT2D eigenvalue weighted by atomic mass is 9.90. The van der Waals surface area contributed by atoms with Gasteiger partial charge in [0.25, 0.3) is 10.2 Å². The molecule has 0 aliphatic carbocycles. The van der Waals surface area contributed by atoms with Crippen LogP contribution in [-0.4, -0.2) is 85.4 Å². The first-order valence-corrected chi connectivity index (χ1v) is 20.8. The lowest BCUT2D eigenvalue weighted by Crippen LogP contribution is -2.56. The molecular formula is C37H38ClF3N8O5S2. The van der Waals surface area contributed by atoms with E-state index in [1.54, 1.807) is 20.8 Å². The Kier molecular flexibility index (Phi) is 9.65. The van der Waals surface area contributed by atoms with Gasteiger partial charge in [0.05, 0.1) is 32.7 Å².